The average molecular weight is 142 g/mol. The van der Waals surface area contributed by atoms with Crippen LogP contribution < -0.4 is 0 Å². The number of rotatable bonds is 2. The molecule has 0 heterocycles. The van der Waals surface area contributed by atoms with E-state index < -0.39 is 0 Å². The fourth-order valence-electron chi connectivity index (χ4n) is 2.06. The summed E-state index contributed by atoms with van der Waals surface area (Å²) in [5.41, 5.74) is 0. The first-order valence-corrected chi connectivity index (χ1v) is 4.49. The summed E-state index contributed by atoms with van der Waals surface area (Å²) in [6.45, 7) is 2.65. The van der Waals surface area contributed by atoms with Crippen molar-refractivity contribution in [2.45, 2.75) is 39.0 Å². The van der Waals surface area contributed by atoms with Gasteiger partial charge in [-0.2, -0.15) is 0 Å². The molecular formula is C9H18O. The minimum absolute atomic E-state index is 0.415. The zero-order chi connectivity index (χ0) is 7.40. The Kier molecular flexibility index (Phi) is 3.20. The smallest absolute Gasteiger partial charge is 0.0461 e. The van der Waals surface area contributed by atoms with Crippen molar-refractivity contribution in [3.8, 4) is 0 Å². The molecule has 0 aliphatic heterocycles. The fourth-order valence-corrected chi connectivity index (χ4v) is 2.06. The van der Waals surface area contributed by atoms with Gasteiger partial charge in [0, 0.05) is 6.61 Å². The molecule has 0 unspecified atom stereocenters. The van der Waals surface area contributed by atoms with Crippen LogP contribution in [0.5, 0.6) is 0 Å². The predicted molar refractivity (Wildman–Crippen MR) is 42.8 cm³/mol. The van der Waals surface area contributed by atoms with E-state index in [0.717, 1.165) is 5.92 Å². The highest BCUT2D eigenvalue weighted by Gasteiger charge is 2.22. The second kappa shape index (κ2) is 3.97. The summed E-state index contributed by atoms with van der Waals surface area (Å²) < 4.78 is 0. The molecule has 0 amide bonds. The third-order valence-corrected chi connectivity index (χ3v) is 2.83. The molecule has 1 heteroatoms. The lowest BCUT2D eigenvalue weighted by Gasteiger charge is -2.28. The lowest BCUT2D eigenvalue weighted by molar-refractivity contribution is 0.132. The summed E-state index contributed by atoms with van der Waals surface area (Å²) in [4.78, 5) is 0. The molecule has 0 radical (unpaired) electrons. The van der Waals surface area contributed by atoms with Crippen molar-refractivity contribution in [2.24, 2.45) is 11.8 Å². The van der Waals surface area contributed by atoms with E-state index in [4.69, 9.17) is 5.11 Å². The van der Waals surface area contributed by atoms with Crippen LogP contribution in [0.25, 0.3) is 0 Å². The molecule has 0 aromatic rings. The van der Waals surface area contributed by atoms with Crippen LogP contribution in [0, 0.1) is 11.8 Å². The Morgan fingerprint density at radius 1 is 1.20 bits per heavy atom. The van der Waals surface area contributed by atoms with E-state index in [-0.39, 0.29) is 0 Å². The molecule has 1 nitrogen and oxygen atoms in total. The van der Waals surface area contributed by atoms with Gasteiger partial charge in [0.2, 0.25) is 0 Å². The summed E-state index contributed by atoms with van der Waals surface area (Å²) >= 11 is 0. The normalized spacial score (nSPS) is 34.2. The number of hydrogen-bond donors (Lipinski definition) is 1. The molecule has 1 aliphatic carbocycles. The lowest BCUT2D eigenvalue weighted by Crippen LogP contribution is -2.21. The van der Waals surface area contributed by atoms with Gasteiger partial charge >= 0.3 is 0 Å². The summed E-state index contributed by atoms with van der Waals surface area (Å²) in [6, 6.07) is 0. The maximum atomic E-state index is 8.99. The second-order valence-electron chi connectivity index (χ2n) is 3.40. The van der Waals surface area contributed by atoms with Crippen molar-refractivity contribution in [3.05, 3.63) is 0 Å². The molecule has 60 valence electrons. The zero-order valence-corrected chi connectivity index (χ0v) is 6.84. The summed E-state index contributed by atoms with van der Waals surface area (Å²) in [5.74, 6) is 1.44. The van der Waals surface area contributed by atoms with Crippen molar-refractivity contribution in [1.29, 1.82) is 0 Å². The molecule has 1 rings (SSSR count). The van der Waals surface area contributed by atoms with Crippen LogP contribution in [-0.2, 0) is 0 Å². The fraction of sp³-hybridized carbons (Fsp3) is 1.00. The van der Waals surface area contributed by atoms with Gasteiger partial charge in [0.05, 0.1) is 0 Å². The van der Waals surface area contributed by atoms with Crippen molar-refractivity contribution in [1.82, 2.24) is 0 Å². The number of aliphatic hydroxyl groups excluding tert-OH is 1. The molecule has 1 aliphatic rings. The molecule has 0 saturated heterocycles. The van der Waals surface area contributed by atoms with E-state index in [1.165, 1.54) is 32.1 Å². The third-order valence-electron chi connectivity index (χ3n) is 2.83. The van der Waals surface area contributed by atoms with Crippen molar-refractivity contribution < 1.29 is 5.11 Å². The minimum Gasteiger partial charge on any atom is -0.396 e. The van der Waals surface area contributed by atoms with Gasteiger partial charge in [-0.15, -0.1) is 0 Å². The van der Waals surface area contributed by atoms with E-state index in [2.05, 4.69) is 6.92 Å². The third kappa shape index (κ3) is 1.72. The molecule has 1 fully saturated rings. The SMILES string of the molecule is CC[C@@H]1CCCC[C@H]1CO. The maximum Gasteiger partial charge on any atom is 0.0461 e. The van der Waals surface area contributed by atoms with Crippen molar-refractivity contribution >= 4 is 0 Å². The van der Waals surface area contributed by atoms with Crippen molar-refractivity contribution in [3.63, 3.8) is 0 Å². The van der Waals surface area contributed by atoms with E-state index in [9.17, 15) is 0 Å². The molecule has 0 aromatic heterocycles. The van der Waals surface area contributed by atoms with Gasteiger partial charge in [-0.05, 0) is 18.3 Å². The summed E-state index contributed by atoms with van der Waals surface area (Å²) in [5, 5.41) is 8.99. The van der Waals surface area contributed by atoms with E-state index >= 15 is 0 Å². The Morgan fingerprint density at radius 2 is 1.80 bits per heavy atom. The molecule has 0 bridgehead atoms. The Balaban J connectivity index is 2.34. The lowest BCUT2D eigenvalue weighted by atomic mass is 9.78. The highest BCUT2D eigenvalue weighted by molar-refractivity contribution is 4.73. The topological polar surface area (TPSA) is 20.2 Å². The van der Waals surface area contributed by atoms with Crippen molar-refractivity contribution in [2.75, 3.05) is 6.61 Å². The van der Waals surface area contributed by atoms with Crippen LogP contribution in [0.15, 0.2) is 0 Å². The summed E-state index contributed by atoms with van der Waals surface area (Å²) in [6.07, 6.45) is 6.58. The van der Waals surface area contributed by atoms with Gasteiger partial charge in [0.1, 0.15) is 0 Å². The quantitative estimate of drug-likeness (QED) is 0.626. The van der Waals surface area contributed by atoms with Crippen LogP contribution in [0.2, 0.25) is 0 Å². The van der Waals surface area contributed by atoms with Crippen LogP contribution >= 0.6 is 0 Å². The zero-order valence-electron chi connectivity index (χ0n) is 6.84. The summed E-state index contributed by atoms with van der Waals surface area (Å²) in [7, 11) is 0. The van der Waals surface area contributed by atoms with Crippen LogP contribution in [0.4, 0.5) is 0 Å². The Hall–Kier alpha value is -0.0400. The van der Waals surface area contributed by atoms with Crippen LogP contribution in [-0.4, -0.2) is 11.7 Å². The second-order valence-corrected chi connectivity index (χ2v) is 3.40. The first-order chi connectivity index (χ1) is 4.88. The van der Waals surface area contributed by atoms with E-state index in [0.29, 0.717) is 12.5 Å². The van der Waals surface area contributed by atoms with Gasteiger partial charge < -0.3 is 5.11 Å². The van der Waals surface area contributed by atoms with Gasteiger partial charge in [-0.25, -0.2) is 0 Å². The molecular weight excluding hydrogens is 124 g/mol. The van der Waals surface area contributed by atoms with Gasteiger partial charge in [-0.1, -0.05) is 32.6 Å². The molecule has 1 saturated carbocycles. The Morgan fingerprint density at radius 3 is 2.20 bits per heavy atom. The molecule has 1 N–H and O–H groups in total. The van der Waals surface area contributed by atoms with E-state index in [1.54, 1.807) is 0 Å². The standard InChI is InChI=1S/C9H18O/c1-2-8-5-3-4-6-9(8)7-10/h8-10H,2-7H2,1H3/t8-,9+/m1/s1. The predicted octanol–water partition coefficient (Wildman–Crippen LogP) is 2.20. The van der Waals surface area contributed by atoms with Crippen LogP contribution in [0.3, 0.4) is 0 Å². The highest BCUT2D eigenvalue weighted by Crippen LogP contribution is 2.31. The number of hydrogen-bond acceptors (Lipinski definition) is 1. The molecule has 2 atom stereocenters. The molecule has 0 spiro atoms. The Labute approximate surface area is 63.4 Å². The Bertz CT molecular complexity index is 78.7. The highest BCUT2D eigenvalue weighted by atomic mass is 16.3. The van der Waals surface area contributed by atoms with Gasteiger partial charge in [-0.3, -0.25) is 0 Å². The van der Waals surface area contributed by atoms with E-state index in [1.807, 2.05) is 0 Å². The monoisotopic (exact) mass is 142 g/mol. The number of aliphatic hydroxyl groups is 1. The average Bonchev–Trinajstić information content (AvgIpc) is 2.04. The molecule has 10 heavy (non-hydrogen) atoms. The molecule has 0 aromatic carbocycles. The first-order valence-electron chi connectivity index (χ1n) is 4.49. The van der Waals surface area contributed by atoms with Gasteiger partial charge in [0.15, 0.2) is 0 Å². The largest absolute Gasteiger partial charge is 0.396 e. The first kappa shape index (κ1) is 8.06. The van der Waals surface area contributed by atoms with Crippen LogP contribution in [0.1, 0.15) is 39.0 Å². The minimum atomic E-state index is 0.415. The maximum absolute atomic E-state index is 8.99. The van der Waals surface area contributed by atoms with Gasteiger partial charge in [0.25, 0.3) is 0 Å².